The monoisotopic (exact) mass is 232 g/mol. The minimum atomic E-state index is -0.347. The van der Waals surface area contributed by atoms with E-state index in [0.717, 1.165) is 19.4 Å². The lowest BCUT2D eigenvalue weighted by Gasteiger charge is -2.23. The van der Waals surface area contributed by atoms with Crippen LogP contribution in [0.4, 0.5) is 0 Å². The Bertz CT molecular complexity index is 403. The molecule has 17 heavy (non-hydrogen) atoms. The molecule has 1 aliphatic rings. The van der Waals surface area contributed by atoms with Crippen molar-refractivity contribution in [3.8, 4) is 0 Å². The van der Waals surface area contributed by atoms with Gasteiger partial charge in [-0.2, -0.15) is 0 Å². The first-order valence-electron chi connectivity index (χ1n) is 6.33. The number of rotatable bonds is 2. The van der Waals surface area contributed by atoms with E-state index in [0.29, 0.717) is 13.0 Å². The Morgan fingerprint density at radius 3 is 2.82 bits per heavy atom. The Kier molecular flexibility index (Phi) is 3.79. The van der Waals surface area contributed by atoms with E-state index in [1.54, 1.807) is 0 Å². The molecule has 1 amide bonds. The highest BCUT2D eigenvalue weighted by Gasteiger charge is 2.22. The van der Waals surface area contributed by atoms with Crippen molar-refractivity contribution < 1.29 is 4.79 Å². The second kappa shape index (κ2) is 5.32. The van der Waals surface area contributed by atoms with Crippen LogP contribution in [-0.2, 0) is 17.8 Å². The first-order chi connectivity index (χ1) is 8.22. The minimum absolute atomic E-state index is 0.0872. The zero-order valence-electron chi connectivity index (χ0n) is 10.4. The van der Waals surface area contributed by atoms with Crippen LogP contribution < -0.4 is 5.73 Å². The predicted molar refractivity (Wildman–Crippen MR) is 68.4 cm³/mol. The molecular formula is C14H20N2O. The molecule has 0 aromatic heterocycles. The Labute approximate surface area is 103 Å². The van der Waals surface area contributed by atoms with Crippen LogP contribution in [0.15, 0.2) is 24.3 Å². The summed E-state index contributed by atoms with van der Waals surface area (Å²) in [5.74, 6) is 0.0872. The molecule has 0 saturated heterocycles. The molecule has 1 aromatic carbocycles. The van der Waals surface area contributed by atoms with E-state index in [9.17, 15) is 4.79 Å². The fraction of sp³-hybridized carbons (Fsp3) is 0.500. The van der Waals surface area contributed by atoms with Crippen molar-refractivity contribution in [3.05, 3.63) is 35.4 Å². The maximum Gasteiger partial charge on any atom is 0.239 e. The number of nitrogens with zero attached hydrogens (tertiary/aromatic N) is 1. The number of fused-ring (bicyclic) bond motifs is 1. The summed E-state index contributed by atoms with van der Waals surface area (Å²) in [5.41, 5.74) is 8.46. The summed E-state index contributed by atoms with van der Waals surface area (Å²) in [5, 5.41) is 0. The molecule has 3 nitrogen and oxygen atoms in total. The average molecular weight is 232 g/mol. The van der Waals surface area contributed by atoms with Crippen LogP contribution in [0, 0.1) is 0 Å². The van der Waals surface area contributed by atoms with Gasteiger partial charge in [-0.25, -0.2) is 0 Å². The third-order valence-corrected chi connectivity index (χ3v) is 3.42. The minimum Gasteiger partial charge on any atom is -0.337 e. The van der Waals surface area contributed by atoms with Gasteiger partial charge in [0.05, 0.1) is 6.04 Å². The molecule has 0 spiro atoms. The fourth-order valence-electron chi connectivity index (χ4n) is 2.30. The Morgan fingerprint density at radius 2 is 2.12 bits per heavy atom. The normalized spacial score (nSPS) is 17.2. The highest BCUT2D eigenvalue weighted by Crippen LogP contribution is 2.18. The van der Waals surface area contributed by atoms with Gasteiger partial charge in [0.1, 0.15) is 0 Å². The molecule has 0 radical (unpaired) electrons. The van der Waals surface area contributed by atoms with Crippen molar-refractivity contribution in [1.29, 1.82) is 0 Å². The van der Waals surface area contributed by atoms with Crippen LogP contribution in [0.3, 0.4) is 0 Å². The van der Waals surface area contributed by atoms with Gasteiger partial charge in [-0.1, -0.05) is 31.2 Å². The van der Waals surface area contributed by atoms with Gasteiger partial charge in [-0.05, 0) is 30.4 Å². The molecule has 0 aliphatic carbocycles. The molecule has 92 valence electrons. The van der Waals surface area contributed by atoms with Crippen molar-refractivity contribution in [3.63, 3.8) is 0 Å². The molecule has 0 fully saturated rings. The number of nitrogens with two attached hydrogens (primary N) is 1. The number of carbonyl (C=O) groups excluding carboxylic acids is 1. The second-order valence-corrected chi connectivity index (χ2v) is 4.65. The Hall–Kier alpha value is -1.35. The number of amides is 1. The van der Waals surface area contributed by atoms with Crippen LogP contribution in [0.1, 0.15) is 30.9 Å². The van der Waals surface area contributed by atoms with Crippen LogP contribution in [0.25, 0.3) is 0 Å². The smallest absolute Gasteiger partial charge is 0.239 e. The van der Waals surface area contributed by atoms with E-state index >= 15 is 0 Å². The SMILES string of the molecule is CC[C@@H](N)C(=O)N1CCCc2ccccc2C1. The van der Waals surface area contributed by atoms with Crippen LogP contribution >= 0.6 is 0 Å². The third kappa shape index (κ3) is 2.67. The molecule has 1 heterocycles. The third-order valence-electron chi connectivity index (χ3n) is 3.42. The van der Waals surface area contributed by atoms with Gasteiger partial charge >= 0.3 is 0 Å². The topological polar surface area (TPSA) is 46.3 Å². The molecule has 1 atom stereocenters. The summed E-state index contributed by atoms with van der Waals surface area (Å²) in [4.78, 5) is 14.0. The standard InChI is InChI=1S/C14H20N2O/c1-2-13(15)14(17)16-9-5-8-11-6-3-4-7-12(11)10-16/h3-4,6-7,13H,2,5,8-10,15H2,1H3/t13-/m1/s1. The number of hydrogen-bond acceptors (Lipinski definition) is 2. The molecule has 3 heteroatoms. The lowest BCUT2D eigenvalue weighted by atomic mass is 10.0. The van der Waals surface area contributed by atoms with Gasteiger partial charge in [0.25, 0.3) is 0 Å². The zero-order chi connectivity index (χ0) is 12.3. The number of hydrogen-bond donors (Lipinski definition) is 1. The lowest BCUT2D eigenvalue weighted by molar-refractivity contribution is -0.133. The van der Waals surface area contributed by atoms with Crippen molar-refractivity contribution in [1.82, 2.24) is 4.90 Å². The van der Waals surface area contributed by atoms with Crippen molar-refractivity contribution in [2.24, 2.45) is 5.73 Å². The summed E-state index contributed by atoms with van der Waals surface area (Å²) >= 11 is 0. The molecule has 2 rings (SSSR count). The molecule has 0 saturated carbocycles. The van der Waals surface area contributed by atoms with E-state index in [-0.39, 0.29) is 11.9 Å². The van der Waals surface area contributed by atoms with Crippen LogP contribution in [-0.4, -0.2) is 23.4 Å². The molecule has 2 N–H and O–H groups in total. The summed E-state index contributed by atoms with van der Waals surface area (Å²) in [7, 11) is 0. The summed E-state index contributed by atoms with van der Waals surface area (Å²) in [6, 6.07) is 8.02. The zero-order valence-corrected chi connectivity index (χ0v) is 10.4. The predicted octanol–water partition coefficient (Wildman–Crippen LogP) is 1.70. The van der Waals surface area contributed by atoms with Crippen molar-refractivity contribution in [2.75, 3.05) is 6.54 Å². The van der Waals surface area contributed by atoms with Gasteiger partial charge in [-0.3, -0.25) is 4.79 Å². The first-order valence-corrected chi connectivity index (χ1v) is 6.33. The molecule has 1 aliphatic heterocycles. The number of aryl methyl sites for hydroxylation is 1. The lowest BCUT2D eigenvalue weighted by Crippen LogP contribution is -2.43. The maximum atomic E-state index is 12.1. The quantitative estimate of drug-likeness (QED) is 0.843. The summed E-state index contributed by atoms with van der Waals surface area (Å²) in [6.45, 7) is 3.48. The number of benzene rings is 1. The van der Waals surface area contributed by atoms with E-state index in [1.807, 2.05) is 17.9 Å². The van der Waals surface area contributed by atoms with Crippen LogP contribution in [0.2, 0.25) is 0 Å². The summed E-state index contributed by atoms with van der Waals surface area (Å²) < 4.78 is 0. The van der Waals surface area contributed by atoms with Crippen LogP contribution in [0.5, 0.6) is 0 Å². The molecule has 0 unspecified atom stereocenters. The Morgan fingerprint density at radius 1 is 1.41 bits per heavy atom. The maximum absolute atomic E-state index is 12.1. The van der Waals surface area contributed by atoms with E-state index < -0.39 is 0 Å². The van der Waals surface area contributed by atoms with Gasteiger partial charge < -0.3 is 10.6 Å². The van der Waals surface area contributed by atoms with Crippen molar-refractivity contribution >= 4 is 5.91 Å². The van der Waals surface area contributed by atoms with Gasteiger partial charge in [0.15, 0.2) is 0 Å². The van der Waals surface area contributed by atoms with Gasteiger partial charge in [-0.15, -0.1) is 0 Å². The van der Waals surface area contributed by atoms with Gasteiger partial charge in [0.2, 0.25) is 5.91 Å². The van der Waals surface area contributed by atoms with E-state index in [1.165, 1.54) is 11.1 Å². The molecule has 0 bridgehead atoms. The van der Waals surface area contributed by atoms with E-state index in [4.69, 9.17) is 5.73 Å². The van der Waals surface area contributed by atoms with Crippen molar-refractivity contribution in [2.45, 2.75) is 38.8 Å². The highest BCUT2D eigenvalue weighted by molar-refractivity contribution is 5.81. The van der Waals surface area contributed by atoms with Gasteiger partial charge in [0, 0.05) is 13.1 Å². The largest absolute Gasteiger partial charge is 0.337 e. The fourth-order valence-corrected chi connectivity index (χ4v) is 2.30. The van der Waals surface area contributed by atoms with E-state index in [2.05, 4.69) is 18.2 Å². The first kappa shape index (κ1) is 12.1. The Balaban J connectivity index is 2.15. The summed E-state index contributed by atoms with van der Waals surface area (Å²) in [6.07, 6.45) is 2.79. The molecular weight excluding hydrogens is 212 g/mol. The highest BCUT2D eigenvalue weighted by atomic mass is 16.2. The number of carbonyl (C=O) groups is 1. The second-order valence-electron chi connectivity index (χ2n) is 4.65. The average Bonchev–Trinajstić information content (AvgIpc) is 2.58. The molecule has 1 aromatic rings.